The molecule has 0 aliphatic carbocycles. The fraction of sp³-hybridized carbons (Fsp3) is 0.296. The van der Waals surface area contributed by atoms with Gasteiger partial charge in [0.05, 0.1) is 17.7 Å². The van der Waals surface area contributed by atoms with E-state index in [9.17, 15) is 13.2 Å². The SMILES string of the molecule is Cc1ccccc1[C@H](NC(=O)[C@@H]1CCCN(S(=O)(=O)Cc2c(Cl)cccc2Cl)C1)c1ccccc1. The molecule has 5 nitrogen and oxygen atoms in total. The van der Waals surface area contributed by atoms with Gasteiger partial charge in [-0.25, -0.2) is 12.7 Å². The Labute approximate surface area is 217 Å². The van der Waals surface area contributed by atoms with Gasteiger partial charge in [-0.15, -0.1) is 0 Å². The average molecular weight is 532 g/mol. The topological polar surface area (TPSA) is 66.5 Å². The molecule has 184 valence electrons. The van der Waals surface area contributed by atoms with Crippen molar-refractivity contribution in [2.45, 2.75) is 31.6 Å². The van der Waals surface area contributed by atoms with Gasteiger partial charge in [0.2, 0.25) is 15.9 Å². The summed E-state index contributed by atoms with van der Waals surface area (Å²) in [7, 11) is -3.70. The van der Waals surface area contributed by atoms with Crippen LogP contribution in [0.1, 0.15) is 41.1 Å². The van der Waals surface area contributed by atoms with Crippen LogP contribution in [-0.2, 0) is 20.6 Å². The molecule has 35 heavy (non-hydrogen) atoms. The molecule has 0 saturated carbocycles. The van der Waals surface area contributed by atoms with Crippen LogP contribution in [0.5, 0.6) is 0 Å². The summed E-state index contributed by atoms with van der Waals surface area (Å²) in [6.45, 7) is 2.52. The quantitative estimate of drug-likeness (QED) is 0.422. The van der Waals surface area contributed by atoms with E-state index in [0.717, 1.165) is 16.7 Å². The van der Waals surface area contributed by atoms with Crippen LogP contribution in [0.2, 0.25) is 10.0 Å². The Morgan fingerprint density at radius 1 is 1.00 bits per heavy atom. The highest BCUT2D eigenvalue weighted by molar-refractivity contribution is 7.88. The number of hydrogen-bond acceptors (Lipinski definition) is 3. The first kappa shape index (κ1) is 25.7. The van der Waals surface area contributed by atoms with Gasteiger partial charge < -0.3 is 5.32 Å². The van der Waals surface area contributed by atoms with Crippen LogP contribution >= 0.6 is 23.2 Å². The Morgan fingerprint density at radius 2 is 1.66 bits per heavy atom. The molecule has 1 saturated heterocycles. The number of amides is 1. The van der Waals surface area contributed by atoms with Crippen molar-refractivity contribution in [1.29, 1.82) is 0 Å². The second kappa shape index (κ2) is 11.1. The van der Waals surface area contributed by atoms with Crippen LogP contribution in [0.25, 0.3) is 0 Å². The molecule has 1 aliphatic rings. The van der Waals surface area contributed by atoms with Gasteiger partial charge in [0.25, 0.3) is 0 Å². The van der Waals surface area contributed by atoms with E-state index >= 15 is 0 Å². The molecule has 0 radical (unpaired) electrons. The van der Waals surface area contributed by atoms with Crippen molar-refractivity contribution in [3.05, 3.63) is 105 Å². The molecule has 8 heteroatoms. The molecular weight excluding hydrogens is 503 g/mol. The van der Waals surface area contributed by atoms with Crippen molar-refractivity contribution in [1.82, 2.24) is 9.62 Å². The lowest BCUT2D eigenvalue weighted by Gasteiger charge is -2.32. The number of carbonyl (C=O) groups is 1. The molecule has 1 aliphatic heterocycles. The molecule has 0 bridgehead atoms. The molecule has 1 fully saturated rings. The summed E-state index contributed by atoms with van der Waals surface area (Å²) in [6, 6.07) is 22.4. The number of aryl methyl sites for hydroxylation is 1. The number of nitrogens with one attached hydrogen (secondary N) is 1. The lowest BCUT2D eigenvalue weighted by Crippen LogP contribution is -2.46. The van der Waals surface area contributed by atoms with Crippen LogP contribution in [0.3, 0.4) is 0 Å². The zero-order valence-electron chi connectivity index (χ0n) is 19.5. The van der Waals surface area contributed by atoms with Crippen LogP contribution in [-0.4, -0.2) is 31.7 Å². The molecule has 1 heterocycles. The predicted molar refractivity (Wildman–Crippen MR) is 141 cm³/mol. The van der Waals surface area contributed by atoms with Gasteiger partial charge in [0.15, 0.2) is 0 Å². The van der Waals surface area contributed by atoms with Crippen molar-refractivity contribution < 1.29 is 13.2 Å². The summed E-state index contributed by atoms with van der Waals surface area (Å²) >= 11 is 12.4. The minimum Gasteiger partial charge on any atom is -0.345 e. The summed E-state index contributed by atoms with van der Waals surface area (Å²) in [5.74, 6) is -0.899. The molecule has 3 aromatic rings. The van der Waals surface area contributed by atoms with Crippen molar-refractivity contribution in [2.24, 2.45) is 5.92 Å². The van der Waals surface area contributed by atoms with Crippen molar-refractivity contribution in [2.75, 3.05) is 13.1 Å². The Kier molecular flexibility index (Phi) is 8.17. The van der Waals surface area contributed by atoms with Gasteiger partial charge in [-0.3, -0.25) is 4.79 Å². The second-order valence-electron chi connectivity index (χ2n) is 8.86. The third kappa shape index (κ3) is 6.07. The largest absolute Gasteiger partial charge is 0.345 e. The Balaban J connectivity index is 1.52. The van der Waals surface area contributed by atoms with Crippen LogP contribution < -0.4 is 5.32 Å². The van der Waals surface area contributed by atoms with E-state index in [1.165, 1.54) is 4.31 Å². The summed E-state index contributed by atoms with van der Waals surface area (Å²) in [5.41, 5.74) is 3.45. The lowest BCUT2D eigenvalue weighted by molar-refractivity contribution is -0.126. The number of rotatable bonds is 7. The van der Waals surface area contributed by atoms with E-state index in [1.54, 1.807) is 18.2 Å². The van der Waals surface area contributed by atoms with E-state index in [-0.39, 0.29) is 24.2 Å². The third-order valence-electron chi connectivity index (χ3n) is 6.46. The minimum absolute atomic E-state index is 0.130. The number of nitrogens with zero attached hydrogens (tertiary/aromatic N) is 1. The van der Waals surface area contributed by atoms with Crippen LogP contribution in [0, 0.1) is 12.8 Å². The van der Waals surface area contributed by atoms with E-state index in [0.29, 0.717) is 35.0 Å². The Hall–Kier alpha value is -2.38. The first-order chi connectivity index (χ1) is 16.8. The van der Waals surface area contributed by atoms with Crippen molar-refractivity contribution >= 4 is 39.1 Å². The molecule has 0 unspecified atom stereocenters. The predicted octanol–water partition coefficient (Wildman–Crippen LogP) is 5.75. The highest BCUT2D eigenvalue weighted by Gasteiger charge is 2.34. The molecule has 0 aromatic heterocycles. The minimum atomic E-state index is -3.70. The number of sulfonamides is 1. The number of hydrogen-bond donors (Lipinski definition) is 1. The van der Waals surface area contributed by atoms with Gasteiger partial charge in [0.1, 0.15) is 0 Å². The zero-order chi connectivity index (χ0) is 25.0. The number of benzene rings is 3. The molecule has 4 rings (SSSR count). The van der Waals surface area contributed by atoms with E-state index in [4.69, 9.17) is 23.2 Å². The summed E-state index contributed by atoms with van der Waals surface area (Å²) in [4.78, 5) is 13.4. The number of halogens is 2. The summed E-state index contributed by atoms with van der Waals surface area (Å²) in [6.07, 6.45) is 1.23. The molecule has 1 amide bonds. The van der Waals surface area contributed by atoms with Gasteiger partial charge >= 0.3 is 0 Å². The second-order valence-corrected chi connectivity index (χ2v) is 11.6. The summed E-state index contributed by atoms with van der Waals surface area (Å²) in [5, 5.41) is 3.83. The average Bonchev–Trinajstić information content (AvgIpc) is 2.86. The van der Waals surface area contributed by atoms with E-state index in [2.05, 4.69) is 5.32 Å². The molecule has 2 atom stereocenters. The highest BCUT2D eigenvalue weighted by atomic mass is 35.5. The molecular formula is C27H28Cl2N2O3S. The first-order valence-corrected chi connectivity index (χ1v) is 13.9. The van der Waals surface area contributed by atoms with Crippen molar-refractivity contribution in [3.8, 4) is 0 Å². The van der Waals surface area contributed by atoms with Crippen LogP contribution in [0.4, 0.5) is 0 Å². The molecule has 3 aromatic carbocycles. The normalized spacial score (nSPS) is 17.6. The van der Waals surface area contributed by atoms with Gasteiger partial charge in [-0.05, 0) is 48.6 Å². The summed E-state index contributed by atoms with van der Waals surface area (Å²) < 4.78 is 27.8. The fourth-order valence-corrected chi connectivity index (χ4v) is 6.87. The first-order valence-electron chi connectivity index (χ1n) is 11.6. The van der Waals surface area contributed by atoms with E-state index in [1.807, 2.05) is 61.5 Å². The smallest absolute Gasteiger partial charge is 0.225 e. The maximum Gasteiger partial charge on any atom is 0.225 e. The fourth-order valence-electron chi connectivity index (χ4n) is 4.51. The number of piperidine rings is 1. The van der Waals surface area contributed by atoms with Gasteiger partial charge in [-0.2, -0.15) is 0 Å². The molecule has 1 N–H and O–H groups in total. The maximum atomic E-state index is 13.4. The third-order valence-corrected chi connectivity index (χ3v) is 8.94. The zero-order valence-corrected chi connectivity index (χ0v) is 21.8. The van der Waals surface area contributed by atoms with Gasteiger partial charge in [0, 0.05) is 28.7 Å². The maximum absolute atomic E-state index is 13.4. The van der Waals surface area contributed by atoms with Gasteiger partial charge in [-0.1, -0.05) is 83.9 Å². The van der Waals surface area contributed by atoms with Crippen molar-refractivity contribution in [3.63, 3.8) is 0 Å². The molecule has 0 spiro atoms. The van der Waals surface area contributed by atoms with Crippen LogP contribution in [0.15, 0.2) is 72.8 Å². The monoisotopic (exact) mass is 530 g/mol. The Morgan fingerprint density at radius 3 is 2.34 bits per heavy atom. The Bertz CT molecular complexity index is 1280. The lowest BCUT2D eigenvalue weighted by atomic mass is 9.93. The standard InChI is InChI=1S/C27H28Cl2N2O3S/c1-19-9-5-6-13-22(19)26(20-10-3-2-4-11-20)30-27(32)21-12-8-16-31(17-21)35(33,34)18-23-24(28)14-7-15-25(23)29/h2-7,9-11,13-15,21,26H,8,12,16-18H2,1H3,(H,30,32)/t21-,26-/m1/s1. The number of carbonyl (C=O) groups excluding carboxylic acids is 1. The van der Waals surface area contributed by atoms with E-state index < -0.39 is 15.9 Å². The highest BCUT2D eigenvalue weighted by Crippen LogP contribution is 2.30.